The van der Waals surface area contributed by atoms with Gasteiger partial charge in [-0.2, -0.15) is 5.10 Å². The first-order valence-electron chi connectivity index (χ1n) is 19.3. The molecule has 1 unspecified atom stereocenters. The molecule has 0 saturated heterocycles. The highest BCUT2D eigenvalue weighted by Gasteiger charge is 2.31. The summed E-state index contributed by atoms with van der Waals surface area (Å²) in [5, 5.41) is 7.83. The fourth-order valence-electron chi connectivity index (χ4n) is 8.25. The van der Waals surface area contributed by atoms with Gasteiger partial charge in [-0.25, -0.2) is 9.67 Å². The van der Waals surface area contributed by atoms with Crippen molar-refractivity contribution in [2.75, 3.05) is 0 Å². The number of hydrogen-bond donors (Lipinski definition) is 0. The minimum Gasteiger partial charge on any atom is -0.457 e. The Morgan fingerprint density at radius 3 is 2.31 bits per heavy atom. The van der Waals surface area contributed by atoms with E-state index in [4.69, 9.17) is 14.8 Å². The third kappa shape index (κ3) is 6.64. The number of para-hydroxylation sites is 1. The van der Waals surface area contributed by atoms with Crippen LogP contribution in [0.2, 0.25) is 0 Å². The van der Waals surface area contributed by atoms with Crippen molar-refractivity contribution in [1.29, 1.82) is 0 Å². The van der Waals surface area contributed by atoms with Crippen LogP contribution in [0.1, 0.15) is 127 Å². The summed E-state index contributed by atoms with van der Waals surface area (Å²) in [6, 6.07) is 26.1. The molecule has 0 bridgehead atoms. The number of ether oxygens (including phenoxy) is 1. The summed E-state index contributed by atoms with van der Waals surface area (Å²) in [6.07, 6.45) is 10.9. The molecule has 3 heterocycles. The van der Waals surface area contributed by atoms with Crippen LogP contribution in [0.3, 0.4) is 0 Å². The smallest absolute Gasteiger partial charge is 0.137 e. The third-order valence-corrected chi connectivity index (χ3v) is 10.9. The average molecular weight is 679 g/mol. The van der Waals surface area contributed by atoms with E-state index in [1.165, 1.54) is 57.3 Å². The number of aryl methyl sites for hydroxylation is 1. The molecule has 0 saturated carbocycles. The first-order valence-corrected chi connectivity index (χ1v) is 19.3. The standard InChI is InChI=1S/C46H54N4O/c1-9-14-40-46(45-31(7)16-13-17-32(45)8)42(15-10-2)50(48-40)35-24-34(30(5)6)25-37(27-35)51-36-20-21-39-38-18-11-12-19-41(38)49(43(39)28-36)44-26-33(29(3)4)22-23-47-44/h11-12,16,18-30,32,45H,9-10,13-15,17H2,1-8H3/t32?,45-/m0/s1. The molecule has 6 aromatic rings. The van der Waals surface area contributed by atoms with Gasteiger partial charge < -0.3 is 4.74 Å². The van der Waals surface area contributed by atoms with Gasteiger partial charge in [0.2, 0.25) is 0 Å². The number of aromatic nitrogens is 4. The van der Waals surface area contributed by atoms with Gasteiger partial charge in [-0.15, -0.1) is 0 Å². The molecule has 5 heteroatoms. The minimum absolute atomic E-state index is 0.333. The van der Waals surface area contributed by atoms with E-state index in [1.54, 1.807) is 0 Å². The second kappa shape index (κ2) is 14.5. The Bertz CT molecular complexity index is 2210. The maximum Gasteiger partial charge on any atom is 0.137 e. The number of hydrogen-bond acceptors (Lipinski definition) is 3. The quantitative estimate of drug-likeness (QED) is 0.128. The Morgan fingerprint density at radius 1 is 0.804 bits per heavy atom. The Morgan fingerprint density at radius 2 is 1.57 bits per heavy atom. The van der Waals surface area contributed by atoms with E-state index in [-0.39, 0.29) is 0 Å². The molecule has 3 aromatic carbocycles. The maximum absolute atomic E-state index is 6.84. The third-order valence-electron chi connectivity index (χ3n) is 10.9. The highest BCUT2D eigenvalue weighted by atomic mass is 16.5. The van der Waals surface area contributed by atoms with Crippen LogP contribution in [0.15, 0.2) is 90.6 Å². The van der Waals surface area contributed by atoms with Crippen molar-refractivity contribution >= 4 is 21.8 Å². The second-order valence-corrected chi connectivity index (χ2v) is 15.3. The average Bonchev–Trinajstić information content (AvgIpc) is 3.63. The highest BCUT2D eigenvalue weighted by Crippen LogP contribution is 2.43. The number of pyridine rings is 1. The van der Waals surface area contributed by atoms with Gasteiger partial charge in [0.15, 0.2) is 0 Å². The molecule has 0 amide bonds. The molecule has 1 aliphatic rings. The number of allylic oxidation sites excluding steroid dienone is 2. The topological polar surface area (TPSA) is 44.9 Å². The van der Waals surface area contributed by atoms with Gasteiger partial charge in [0, 0.05) is 46.3 Å². The van der Waals surface area contributed by atoms with Crippen LogP contribution in [-0.2, 0) is 12.8 Å². The molecule has 7 rings (SSSR count). The van der Waals surface area contributed by atoms with Crippen molar-refractivity contribution in [3.63, 3.8) is 0 Å². The maximum atomic E-state index is 6.84. The second-order valence-electron chi connectivity index (χ2n) is 15.3. The van der Waals surface area contributed by atoms with E-state index >= 15 is 0 Å². The summed E-state index contributed by atoms with van der Waals surface area (Å²) >= 11 is 0. The minimum atomic E-state index is 0.333. The number of rotatable bonds is 11. The van der Waals surface area contributed by atoms with E-state index in [0.717, 1.165) is 59.7 Å². The van der Waals surface area contributed by atoms with Crippen molar-refractivity contribution < 1.29 is 4.74 Å². The van der Waals surface area contributed by atoms with Gasteiger partial charge in [0.25, 0.3) is 0 Å². The normalized spacial score (nSPS) is 16.5. The summed E-state index contributed by atoms with van der Waals surface area (Å²) in [5.41, 5.74) is 11.4. The van der Waals surface area contributed by atoms with Crippen LogP contribution in [0.4, 0.5) is 0 Å². The predicted molar refractivity (Wildman–Crippen MR) is 213 cm³/mol. The molecular weight excluding hydrogens is 625 g/mol. The molecule has 1 aliphatic carbocycles. The van der Waals surface area contributed by atoms with Gasteiger partial charge in [0.05, 0.1) is 22.4 Å². The van der Waals surface area contributed by atoms with Crippen molar-refractivity contribution in [3.05, 3.63) is 119 Å². The summed E-state index contributed by atoms with van der Waals surface area (Å²) in [7, 11) is 0. The van der Waals surface area contributed by atoms with Crippen LogP contribution >= 0.6 is 0 Å². The molecule has 51 heavy (non-hydrogen) atoms. The van der Waals surface area contributed by atoms with Crippen molar-refractivity contribution in [2.24, 2.45) is 5.92 Å². The molecule has 0 N–H and O–H groups in total. The summed E-state index contributed by atoms with van der Waals surface area (Å²) in [5.74, 6) is 4.33. The van der Waals surface area contributed by atoms with E-state index < -0.39 is 0 Å². The molecule has 2 atom stereocenters. The Hall–Kier alpha value is -4.64. The largest absolute Gasteiger partial charge is 0.457 e. The summed E-state index contributed by atoms with van der Waals surface area (Å²) in [6.45, 7) is 18.3. The predicted octanol–water partition coefficient (Wildman–Crippen LogP) is 12.8. The fourth-order valence-corrected chi connectivity index (χ4v) is 8.25. The molecule has 3 aromatic heterocycles. The Labute approximate surface area is 304 Å². The lowest BCUT2D eigenvalue weighted by atomic mass is 9.74. The zero-order valence-electron chi connectivity index (χ0n) is 31.8. The number of benzene rings is 3. The molecule has 5 nitrogen and oxygen atoms in total. The summed E-state index contributed by atoms with van der Waals surface area (Å²) < 4.78 is 11.4. The van der Waals surface area contributed by atoms with E-state index in [0.29, 0.717) is 23.7 Å². The molecular formula is C46H54N4O. The molecule has 0 fully saturated rings. The summed E-state index contributed by atoms with van der Waals surface area (Å²) in [4.78, 5) is 4.85. The first kappa shape index (κ1) is 34.8. The van der Waals surface area contributed by atoms with Crippen LogP contribution in [-0.4, -0.2) is 19.3 Å². The number of nitrogens with zero attached hydrogens (tertiary/aromatic N) is 4. The van der Waals surface area contributed by atoms with E-state index in [2.05, 4.69) is 144 Å². The monoisotopic (exact) mass is 678 g/mol. The highest BCUT2D eigenvalue weighted by molar-refractivity contribution is 6.09. The SMILES string of the molecule is CCCc1nn(-c2cc(Oc3ccc4c5ccccc5n(-c5cc(C(C)C)ccn5)c4c3)cc(C(C)C)c2)c(CCC)c1[C@H]1C(C)=CCCC1C. The lowest BCUT2D eigenvalue weighted by molar-refractivity contribution is 0.445. The van der Waals surface area contributed by atoms with Crippen molar-refractivity contribution in [1.82, 2.24) is 19.3 Å². The zero-order chi connectivity index (χ0) is 35.8. The van der Waals surface area contributed by atoms with Crippen molar-refractivity contribution in [3.8, 4) is 23.0 Å². The Balaban J connectivity index is 1.35. The lowest BCUT2D eigenvalue weighted by Crippen LogP contribution is -2.18. The van der Waals surface area contributed by atoms with E-state index in [9.17, 15) is 0 Å². The molecule has 0 radical (unpaired) electrons. The van der Waals surface area contributed by atoms with Crippen molar-refractivity contribution in [2.45, 2.75) is 112 Å². The van der Waals surface area contributed by atoms with Crippen LogP contribution in [0.5, 0.6) is 11.5 Å². The molecule has 0 aliphatic heterocycles. The molecule has 264 valence electrons. The van der Waals surface area contributed by atoms with E-state index in [1.807, 2.05) is 6.20 Å². The zero-order valence-corrected chi connectivity index (χ0v) is 31.8. The van der Waals surface area contributed by atoms with Gasteiger partial charge in [-0.1, -0.05) is 91.2 Å². The first-order chi connectivity index (χ1) is 24.7. The lowest BCUT2D eigenvalue weighted by Gasteiger charge is -2.30. The van der Waals surface area contributed by atoms with Gasteiger partial charge in [-0.3, -0.25) is 4.57 Å². The number of fused-ring (bicyclic) bond motifs is 3. The van der Waals surface area contributed by atoms with Gasteiger partial charge in [0.1, 0.15) is 17.3 Å². The van der Waals surface area contributed by atoms with Crippen LogP contribution in [0, 0.1) is 5.92 Å². The molecule has 0 spiro atoms. The van der Waals surface area contributed by atoms with Gasteiger partial charge >= 0.3 is 0 Å². The van der Waals surface area contributed by atoms with Gasteiger partial charge in [-0.05, 0) is 104 Å². The Kier molecular flexibility index (Phi) is 9.92. The van der Waals surface area contributed by atoms with Crippen LogP contribution in [0.25, 0.3) is 33.3 Å². The van der Waals surface area contributed by atoms with Crippen LogP contribution < -0.4 is 4.74 Å². The fraction of sp³-hybridized carbons (Fsp3) is 0.391.